The zero-order chi connectivity index (χ0) is 19.8. The fraction of sp³-hybridized carbons (Fsp3) is 0.571. The lowest BCUT2D eigenvalue weighted by atomic mass is 10.2. The second-order valence-electron chi connectivity index (χ2n) is 7.37. The van der Waals surface area contributed by atoms with Gasteiger partial charge in [-0.15, -0.1) is 22.0 Å². The Balaban J connectivity index is 1.58. The molecular weight excluding hydrogens is 368 g/mol. The van der Waals surface area contributed by atoms with E-state index in [4.69, 9.17) is 4.99 Å². The number of thioether (sulfide) groups is 1. The van der Waals surface area contributed by atoms with Crippen molar-refractivity contribution < 1.29 is 0 Å². The van der Waals surface area contributed by atoms with Crippen LogP contribution in [0.25, 0.3) is 0 Å². The van der Waals surface area contributed by atoms with Crippen LogP contribution in [0.2, 0.25) is 0 Å². The maximum Gasteiger partial charge on any atom is 0.194 e. The average molecular weight is 401 g/mol. The van der Waals surface area contributed by atoms with E-state index in [1.807, 2.05) is 30.3 Å². The van der Waals surface area contributed by atoms with Gasteiger partial charge in [-0.2, -0.15) is 0 Å². The highest BCUT2D eigenvalue weighted by atomic mass is 32.2. The molecule has 0 radical (unpaired) electrons. The lowest BCUT2D eigenvalue weighted by Gasteiger charge is -2.22. The van der Waals surface area contributed by atoms with Gasteiger partial charge in [0.1, 0.15) is 12.4 Å². The predicted molar refractivity (Wildman–Crippen MR) is 117 cm³/mol. The van der Waals surface area contributed by atoms with Crippen LogP contribution in [0, 0.1) is 12.8 Å². The van der Waals surface area contributed by atoms with Gasteiger partial charge in [0.25, 0.3) is 0 Å². The van der Waals surface area contributed by atoms with E-state index >= 15 is 0 Å². The number of aliphatic imine (C=N–C) groups is 1. The first-order valence-corrected chi connectivity index (χ1v) is 11.2. The van der Waals surface area contributed by atoms with Crippen LogP contribution in [0.3, 0.4) is 0 Å². The predicted octanol–water partition coefficient (Wildman–Crippen LogP) is 3.48. The van der Waals surface area contributed by atoms with E-state index in [0.717, 1.165) is 49.4 Å². The molecule has 1 atom stereocenters. The number of guanidine groups is 1. The Labute approximate surface area is 172 Å². The maximum absolute atomic E-state index is 4.88. The van der Waals surface area contributed by atoms with Crippen LogP contribution in [-0.4, -0.2) is 51.0 Å². The lowest BCUT2D eigenvalue weighted by molar-refractivity contribution is 0.470. The standard InChI is InChI=1S/C21H32N6S/c1-4-5-12-22-21(23-14-20-25-24-17(2)26(20)3)27-13-11-18(15-27)16-28-19-9-7-6-8-10-19/h6-10,18H,4-5,11-16H2,1-3H3,(H,22,23). The number of nitrogens with zero attached hydrogens (tertiary/aromatic N) is 5. The van der Waals surface area contributed by atoms with Crippen LogP contribution in [-0.2, 0) is 13.6 Å². The van der Waals surface area contributed by atoms with Crippen LogP contribution in [0.4, 0.5) is 0 Å². The Morgan fingerprint density at radius 2 is 2.11 bits per heavy atom. The molecule has 6 nitrogen and oxygen atoms in total. The second-order valence-corrected chi connectivity index (χ2v) is 8.46. The van der Waals surface area contributed by atoms with Crippen molar-refractivity contribution >= 4 is 17.7 Å². The van der Waals surface area contributed by atoms with E-state index < -0.39 is 0 Å². The Bertz CT molecular complexity index is 758. The molecule has 28 heavy (non-hydrogen) atoms. The van der Waals surface area contributed by atoms with Crippen molar-refractivity contribution in [2.75, 3.05) is 25.4 Å². The van der Waals surface area contributed by atoms with Crippen molar-refractivity contribution in [3.63, 3.8) is 0 Å². The zero-order valence-electron chi connectivity index (χ0n) is 17.3. The minimum atomic E-state index is 0.561. The summed E-state index contributed by atoms with van der Waals surface area (Å²) in [5.74, 6) is 4.69. The minimum Gasteiger partial charge on any atom is -0.356 e. The molecule has 1 fully saturated rings. The summed E-state index contributed by atoms with van der Waals surface area (Å²) in [5, 5.41) is 11.9. The summed E-state index contributed by atoms with van der Waals surface area (Å²) in [6.45, 7) is 7.84. The first-order chi connectivity index (χ1) is 13.7. The third-order valence-electron chi connectivity index (χ3n) is 5.18. The van der Waals surface area contributed by atoms with Gasteiger partial charge >= 0.3 is 0 Å². The van der Waals surface area contributed by atoms with Crippen molar-refractivity contribution in [2.24, 2.45) is 18.0 Å². The van der Waals surface area contributed by atoms with Crippen molar-refractivity contribution in [1.29, 1.82) is 0 Å². The molecule has 1 unspecified atom stereocenters. The van der Waals surface area contributed by atoms with Crippen LogP contribution >= 0.6 is 11.8 Å². The number of benzene rings is 1. The van der Waals surface area contributed by atoms with Gasteiger partial charge < -0.3 is 14.8 Å². The summed E-state index contributed by atoms with van der Waals surface area (Å²) in [5.41, 5.74) is 0. The van der Waals surface area contributed by atoms with Gasteiger partial charge in [0, 0.05) is 37.3 Å². The fourth-order valence-electron chi connectivity index (χ4n) is 3.27. The largest absolute Gasteiger partial charge is 0.356 e. The summed E-state index contributed by atoms with van der Waals surface area (Å²) in [6.07, 6.45) is 3.56. The highest BCUT2D eigenvalue weighted by Crippen LogP contribution is 2.26. The molecule has 0 bridgehead atoms. The van der Waals surface area contributed by atoms with Crippen LogP contribution in [0.5, 0.6) is 0 Å². The maximum atomic E-state index is 4.88. The molecule has 0 aliphatic carbocycles. The first-order valence-electron chi connectivity index (χ1n) is 10.2. The third-order valence-corrected chi connectivity index (χ3v) is 6.42. The molecule has 7 heteroatoms. The van der Waals surface area contributed by atoms with Gasteiger partial charge in [0.05, 0.1) is 0 Å². The van der Waals surface area contributed by atoms with Gasteiger partial charge in [-0.1, -0.05) is 31.5 Å². The molecule has 2 heterocycles. The van der Waals surface area contributed by atoms with Crippen molar-refractivity contribution in [3.05, 3.63) is 42.0 Å². The molecule has 0 saturated carbocycles. The van der Waals surface area contributed by atoms with Crippen molar-refractivity contribution in [2.45, 2.75) is 44.6 Å². The van der Waals surface area contributed by atoms with Crippen molar-refractivity contribution in [1.82, 2.24) is 25.0 Å². The van der Waals surface area contributed by atoms with Gasteiger partial charge in [0.15, 0.2) is 11.8 Å². The smallest absolute Gasteiger partial charge is 0.194 e. The number of nitrogens with one attached hydrogen (secondary N) is 1. The van der Waals surface area contributed by atoms with Crippen LogP contribution in [0.1, 0.15) is 37.8 Å². The number of aryl methyl sites for hydroxylation is 1. The minimum absolute atomic E-state index is 0.561. The highest BCUT2D eigenvalue weighted by Gasteiger charge is 2.25. The fourth-order valence-corrected chi connectivity index (χ4v) is 4.32. The number of aromatic nitrogens is 3. The molecule has 1 aliphatic rings. The zero-order valence-corrected chi connectivity index (χ0v) is 18.1. The van der Waals surface area contributed by atoms with E-state index in [0.29, 0.717) is 12.5 Å². The summed E-state index contributed by atoms with van der Waals surface area (Å²) < 4.78 is 2.01. The number of likely N-dealkylation sites (tertiary alicyclic amines) is 1. The first kappa shape index (κ1) is 20.7. The number of unbranched alkanes of at least 4 members (excludes halogenated alkanes) is 1. The van der Waals surface area contributed by atoms with E-state index in [2.05, 4.69) is 57.7 Å². The Kier molecular flexibility index (Phi) is 7.77. The Morgan fingerprint density at radius 1 is 1.29 bits per heavy atom. The SMILES string of the molecule is CCCCNC(=NCc1nnc(C)n1C)N1CCC(CSc2ccccc2)C1. The van der Waals surface area contributed by atoms with Gasteiger partial charge in [-0.3, -0.25) is 0 Å². The van der Waals surface area contributed by atoms with Crippen LogP contribution in [0.15, 0.2) is 40.2 Å². The lowest BCUT2D eigenvalue weighted by Crippen LogP contribution is -2.40. The monoisotopic (exact) mass is 400 g/mol. The molecule has 3 rings (SSSR count). The van der Waals surface area contributed by atoms with Gasteiger partial charge in [0.2, 0.25) is 0 Å². The molecular formula is C21H32N6S. The molecule has 1 aromatic heterocycles. The molecule has 1 aliphatic heterocycles. The van der Waals surface area contributed by atoms with E-state index in [-0.39, 0.29) is 0 Å². The number of hydrogen-bond acceptors (Lipinski definition) is 4. The topological polar surface area (TPSA) is 58.3 Å². The summed E-state index contributed by atoms with van der Waals surface area (Å²) in [4.78, 5) is 8.64. The van der Waals surface area contributed by atoms with Gasteiger partial charge in [-0.25, -0.2) is 4.99 Å². The molecule has 1 aromatic carbocycles. The van der Waals surface area contributed by atoms with Crippen LogP contribution < -0.4 is 5.32 Å². The molecule has 0 spiro atoms. The number of rotatable bonds is 8. The number of hydrogen-bond donors (Lipinski definition) is 1. The summed E-state index contributed by atoms with van der Waals surface area (Å²) in [7, 11) is 2.00. The van der Waals surface area contributed by atoms with E-state index in [9.17, 15) is 0 Å². The Morgan fingerprint density at radius 3 is 2.82 bits per heavy atom. The quantitative estimate of drug-likeness (QED) is 0.318. The van der Waals surface area contributed by atoms with Crippen molar-refractivity contribution in [3.8, 4) is 0 Å². The van der Waals surface area contributed by atoms with E-state index in [1.54, 1.807) is 0 Å². The molecule has 1 saturated heterocycles. The highest BCUT2D eigenvalue weighted by molar-refractivity contribution is 7.99. The molecule has 1 N–H and O–H groups in total. The summed E-state index contributed by atoms with van der Waals surface area (Å²) in [6, 6.07) is 10.7. The molecule has 152 valence electrons. The third kappa shape index (κ3) is 5.74. The normalized spacial score (nSPS) is 17.3. The molecule has 2 aromatic rings. The average Bonchev–Trinajstić information content (AvgIpc) is 3.31. The van der Waals surface area contributed by atoms with Gasteiger partial charge in [-0.05, 0) is 37.8 Å². The summed E-state index contributed by atoms with van der Waals surface area (Å²) >= 11 is 1.96. The second kappa shape index (κ2) is 10.5. The molecule has 0 amide bonds. The Hall–Kier alpha value is -2.02. The van der Waals surface area contributed by atoms with E-state index in [1.165, 1.54) is 17.7 Å².